The number of ether oxygens (including phenoxy) is 7. The largest absolute Gasteiger partial charge is 0.480 e. The normalized spacial score (nSPS) is 13.4. The molecule has 0 fully saturated rings. The molecular weight excluding hydrogens is 1060 g/mol. The molecule has 0 bridgehead atoms. The summed E-state index contributed by atoms with van der Waals surface area (Å²) >= 11 is 0. The van der Waals surface area contributed by atoms with Crippen LogP contribution >= 0.6 is 0 Å². The number of hydrogen-bond acceptors (Lipinski definition) is 17. The highest BCUT2D eigenvalue weighted by molar-refractivity contribution is 5.89. The summed E-state index contributed by atoms with van der Waals surface area (Å²) in [7, 11) is 1.24. The monoisotopic (exact) mass is 1160 g/mol. The van der Waals surface area contributed by atoms with Gasteiger partial charge in [-0.15, -0.1) is 0 Å². The third-order valence-electron chi connectivity index (χ3n) is 10.3. The van der Waals surface area contributed by atoms with Crippen molar-refractivity contribution >= 4 is 60.1 Å². The molecule has 0 radical (unpaired) electrons. The standard InChI is InChI=1S/C29H53N3O9.C28H51N3O9/c1-27(2,3)39-22(33)19-20(15-11-13-17-30-25(36)40-28(4,5)6)23(34)32-21(24(35)38-10)16-12-14-18-31-26(37)41-29(7,8)9;1-26(2,3)38-21(32)18-19(14-10-12-16-29-24(36)39-27(4,5)6)22(33)31-20(23(34)35)15-11-13-17-30-25(37)40-28(7,8)9/h20-21H,11-19H2,1-10H3,(H,30,36)(H,31,37)(H,32,34);19-20H,10-18H2,1-9H3,(H,29,36)(H,30,37)(H,31,33)(H,34,35)/t20-,21+;19-,20+/m11/s1. The van der Waals surface area contributed by atoms with E-state index in [1.165, 1.54) is 7.11 Å². The lowest BCUT2D eigenvalue weighted by Gasteiger charge is -2.24. The Kier molecular flexibility index (Phi) is 35.2. The summed E-state index contributed by atoms with van der Waals surface area (Å²) in [6.07, 6.45) is 2.69. The van der Waals surface area contributed by atoms with Gasteiger partial charge in [0.1, 0.15) is 45.7 Å². The summed E-state index contributed by atoms with van der Waals surface area (Å²) in [5, 5.41) is 25.5. The molecule has 470 valence electrons. The van der Waals surface area contributed by atoms with Crippen molar-refractivity contribution < 1.29 is 86.2 Å². The van der Waals surface area contributed by atoms with Crippen molar-refractivity contribution in [3.63, 3.8) is 0 Å². The lowest BCUT2D eigenvalue weighted by Crippen LogP contribution is -2.45. The smallest absolute Gasteiger partial charge is 0.407 e. The Hall–Kier alpha value is -6.10. The maximum Gasteiger partial charge on any atom is 0.407 e. The first kappa shape index (κ1) is 77.0. The van der Waals surface area contributed by atoms with E-state index in [1.807, 2.05) is 0 Å². The molecule has 7 N–H and O–H groups in total. The Morgan fingerprint density at radius 1 is 0.358 bits per heavy atom. The molecule has 0 rings (SSSR count). The minimum absolute atomic E-state index is 0.149. The number of nitrogens with one attached hydrogen (secondary N) is 6. The lowest BCUT2D eigenvalue weighted by molar-refractivity contribution is -0.158. The fraction of sp³-hybridized carbons (Fsp3) is 0.825. The number of esters is 3. The van der Waals surface area contributed by atoms with Crippen LogP contribution in [0.5, 0.6) is 0 Å². The molecule has 0 spiro atoms. The van der Waals surface area contributed by atoms with Crippen LogP contribution in [0.4, 0.5) is 19.2 Å². The molecule has 0 heterocycles. The topological polar surface area (TPSA) is 328 Å². The number of hydrogen-bond donors (Lipinski definition) is 7. The van der Waals surface area contributed by atoms with Crippen molar-refractivity contribution in [2.45, 2.75) is 260 Å². The van der Waals surface area contributed by atoms with E-state index in [0.29, 0.717) is 90.4 Å². The van der Waals surface area contributed by atoms with Crippen LogP contribution in [0.25, 0.3) is 0 Å². The van der Waals surface area contributed by atoms with E-state index in [4.69, 9.17) is 33.2 Å². The molecule has 0 aliphatic rings. The fourth-order valence-corrected chi connectivity index (χ4v) is 7.05. The van der Waals surface area contributed by atoms with Crippen LogP contribution in [0, 0.1) is 11.8 Å². The van der Waals surface area contributed by atoms with E-state index < -0.39 is 118 Å². The van der Waals surface area contributed by atoms with Crippen LogP contribution in [0.2, 0.25) is 0 Å². The van der Waals surface area contributed by atoms with Crippen LogP contribution < -0.4 is 31.9 Å². The molecule has 24 nitrogen and oxygen atoms in total. The van der Waals surface area contributed by atoms with Crippen molar-refractivity contribution in [3.8, 4) is 0 Å². The quantitative estimate of drug-likeness (QED) is 0.0201. The highest BCUT2D eigenvalue weighted by Crippen LogP contribution is 2.21. The molecule has 0 unspecified atom stereocenters. The van der Waals surface area contributed by atoms with Gasteiger partial charge in [0.2, 0.25) is 11.8 Å². The predicted molar refractivity (Wildman–Crippen MR) is 304 cm³/mol. The van der Waals surface area contributed by atoms with E-state index in [1.54, 1.807) is 125 Å². The zero-order chi connectivity index (χ0) is 63.0. The predicted octanol–water partition coefficient (Wildman–Crippen LogP) is 8.68. The highest BCUT2D eigenvalue weighted by atomic mass is 16.6. The summed E-state index contributed by atoms with van der Waals surface area (Å²) in [5.74, 6) is -5.42. The molecule has 0 saturated heterocycles. The van der Waals surface area contributed by atoms with Gasteiger partial charge in [-0.1, -0.05) is 12.8 Å². The first-order valence-corrected chi connectivity index (χ1v) is 28.1. The Balaban J connectivity index is 0. The second-order valence-electron chi connectivity index (χ2n) is 25.7. The number of methoxy groups -OCH3 is 1. The molecular formula is C57H104N6O18. The Morgan fingerprint density at radius 3 is 0.852 bits per heavy atom. The number of amides is 6. The Labute approximate surface area is 482 Å². The molecule has 0 aromatic heterocycles. The maximum absolute atomic E-state index is 13.2. The van der Waals surface area contributed by atoms with Crippen molar-refractivity contribution in [1.82, 2.24) is 31.9 Å². The van der Waals surface area contributed by atoms with Crippen LogP contribution in [0.15, 0.2) is 0 Å². The van der Waals surface area contributed by atoms with Gasteiger partial charge >= 0.3 is 48.3 Å². The zero-order valence-electron chi connectivity index (χ0n) is 52.4. The van der Waals surface area contributed by atoms with Gasteiger partial charge in [-0.25, -0.2) is 28.8 Å². The summed E-state index contributed by atoms with van der Waals surface area (Å²) in [5.41, 5.74) is -3.88. The van der Waals surface area contributed by atoms with Gasteiger partial charge in [-0.2, -0.15) is 0 Å². The number of carboxylic acid groups (broad SMARTS) is 1. The van der Waals surface area contributed by atoms with Gasteiger partial charge < -0.3 is 70.2 Å². The van der Waals surface area contributed by atoms with Gasteiger partial charge in [0.25, 0.3) is 0 Å². The summed E-state index contributed by atoms with van der Waals surface area (Å²) in [4.78, 5) is 123. The van der Waals surface area contributed by atoms with E-state index >= 15 is 0 Å². The first-order valence-electron chi connectivity index (χ1n) is 28.1. The number of carbonyl (C=O) groups excluding carboxylic acids is 9. The van der Waals surface area contributed by atoms with Crippen molar-refractivity contribution in [3.05, 3.63) is 0 Å². The van der Waals surface area contributed by atoms with Crippen molar-refractivity contribution in [1.29, 1.82) is 0 Å². The molecule has 0 aromatic rings. The molecule has 81 heavy (non-hydrogen) atoms. The van der Waals surface area contributed by atoms with Gasteiger partial charge in [0.15, 0.2) is 0 Å². The summed E-state index contributed by atoms with van der Waals surface area (Å²) in [6, 6.07) is -2.06. The van der Waals surface area contributed by atoms with Crippen LogP contribution in [-0.4, -0.2) is 144 Å². The number of aliphatic carboxylic acids is 1. The summed E-state index contributed by atoms with van der Waals surface area (Å²) in [6.45, 7) is 32.9. The average Bonchev–Trinajstić information content (AvgIpc) is 3.25. The maximum atomic E-state index is 13.2. The Morgan fingerprint density at radius 2 is 0.605 bits per heavy atom. The molecule has 0 aliphatic heterocycles. The van der Waals surface area contributed by atoms with Crippen LogP contribution in [-0.2, 0) is 61.9 Å². The Bertz CT molecular complexity index is 1970. The van der Waals surface area contributed by atoms with E-state index in [0.717, 1.165) is 0 Å². The zero-order valence-corrected chi connectivity index (χ0v) is 52.4. The van der Waals surface area contributed by atoms with Gasteiger partial charge in [-0.3, -0.25) is 19.2 Å². The number of unbranched alkanes of at least 4 members (excludes halogenated alkanes) is 4. The molecule has 6 amide bonds. The van der Waals surface area contributed by atoms with Crippen molar-refractivity contribution in [2.75, 3.05) is 33.3 Å². The minimum Gasteiger partial charge on any atom is -0.480 e. The van der Waals surface area contributed by atoms with Crippen molar-refractivity contribution in [2.24, 2.45) is 11.8 Å². The number of rotatable bonds is 30. The number of alkyl carbamates (subject to hydrolysis) is 4. The van der Waals surface area contributed by atoms with E-state index in [-0.39, 0.29) is 25.7 Å². The molecule has 0 saturated carbocycles. The molecule has 4 atom stereocenters. The number of carbonyl (C=O) groups is 10. The number of carboxylic acids is 1. The minimum atomic E-state index is -1.19. The molecule has 24 heteroatoms. The van der Waals surface area contributed by atoms with Crippen LogP contribution in [0.3, 0.4) is 0 Å². The fourth-order valence-electron chi connectivity index (χ4n) is 7.05. The molecule has 0 aliphatic carbocycles. The third kappa shape index (κ3) is 47.3. The van der Waals surface area contributed by atoms with Gasteiger partial charge in [0, 0.05) is 38.0 Å². The van der Waals surface area contributed by atoms with Crippen LogP contribution in [0.1, 0.15) is 215 Å². The lowest BCUT2D eigenvalue weighted by atomic mass is 9.96. The second-order valence-corrected chi connectivity index (χ2v) is 25.7. The SMILES string of the molecule is CC(C)(C)OC(=O)C[C@@H](CCCCNC(=O)OC(C)(C)C)C(=O)N[C@@H](CCCCNC(=O)OC(C)(C)C)C(=O)O.COC(=O)[C@H](CCCCNC(=O)OC(C)(C)C)NC(=O)[C@H](CCCCNC(=O)OC(C)(C)C)CC(=O)OC(C)(C)C. The highest BCUT2D eigenvalue weighted by Gasteiger charge is 2.31. The van der Waals surface area contributed by atoms with E-state index in [9.17, 15) is 53.1 Å². The summed E-state index contributed by atoms with van der Waals surface area (Å²) < 4.78 is 36.4. The van der Waals surface area contributed by atoms with Gasteiger partial charge in [-0.05, 0) is 189 Å². The van der Waals surface area contributed by atoms with Gasteiger partial charge in [0.05, 0.1) is 20.0 Å². The third-order valence-corrected chi connectivity index (χ3v) is 10.3. The molecule has 0 aromatic carbocycles. The second kappa shape index (κ2) is 37.1. The first-order chi connectivity index (χ1) is 36.9. The average molecular weight is 1160 g/mol. The van der Waals surface area contributed by atoms with E-state index in [2.05, 4.69) is 31.9 Å².